The number of carbonyl (C=O) groups is 3. The summed E-state index contributed by atoms with van der Waals surface area (Å²) in [5.41, 5.74) is 3.93. The van der Waals surface area contributed by atoms with Crippen LogP contribution in [0.2, 0.25) is 5.02 Å². The van der Waals surface area contributed by atoms with Crippen LogP contribution in [0.1, 0.15) is 47.4 Å². The molecule has 0 spiro atoms. The Balaban J connectivity index is 1.43. The molecular weight excluding hydrogens is 466 g/mol. The van der Waals surface area contributed by atoms with E-state index in [2.05, 4.69) is 11.4 Å². The van der Waals surface area contributed by atoms with Gasteiger partial charge in [-0.05, 0) is 67.7 Å². The first-order valence-corrected chi connectivity index (χ1v) is 11.8. The summed E-state index contributed by atoms with van der Waals surface area (Å²) < 4.78 is 5.58. The number of amides is 3. The zero-order valence-electron chi connectivity index (χ0n) is 19.4. The summed E-state index contributed by atoms with van der Waals surface area (Å²) in [5, 5.41) is 4.02. The minimum atomic E-state index is -0.962. The number of esters is 1. The van der Waals surface area contributed by atoms with Crippen molar-refractivity contribution in [2.45, 2.75) is 32.2 Å². The van der Waals surface area contributed by atoms with Gasteiger partial charge in [0.15, 0.2) is 0 Å². The topological polar surface area (TPSA) is 88.6 Å². The molecule has 0 atom stereocenters. The number of halogens is 1. The van der Waals surface area contributed by atoms with Gasteiger partial charge in [0.05, 0.1) is 23.3 Å². The molecule has 5 rings (SSSR count). The highest BCUT2D eigenvalue weighted by molar-refractivity contribution is 6.30. The maximum atomic E-state index is 13.3. The van der Waals surface area contributed by atoms with E-state index in [1.54, 1.807) is 13.8 Å². The Kier molecular flexibility index (Phi) is 5.81. The number of para-hydroxylation sites is 1. The minimum Gasteiger partial charge on any atom is -0.460 e. The lowest BCUT2D eigenvalue weighted by atomic mass is 10.0. The molecule has 1 aliphatic carbocycles. The Hall–Kier alpha value is -3.71. The van der Waals surface area contributed by atoms with Crippen LogP contribution in [-0.4, -0.2) is 46.5 Å². The van der Waals surface area contributed by atoms with Gasteiger partial charge in [-0.25, -0.2) is 14.6 Å². The predicted molar refractivity (Wildman–Crippen MR) is 134 cm³/mol. The van der Waals surface area contributed by atoms with E-state index < -0.39 is 17.5 Å². The maximum absolute atomic E-state index is 13.3. The molecule has 0 unspecified atom stereocenters. The molecule has 2 aliphatic rings. The van der Waals surface area contributed by atoms with Crippen molar-refractivity contribution in [1.82, 2.24) is 15.2 Å². The van der Waals surface area contributed by atoms with Gasteiger partial charge in [-0.2, -0.15) is 0 Å². The Morgan fingerprint density at radius 2 is 1.89 bits per heavy atom. The van der Waals surface area contributed by atoms with Crippen molar-refractivity contribution in [2.75, 3.05) is 13.2 Å². The van der Waals surface area contributed by atoms with E-state index in [0.29, 0.717) is 22.5 Å². The molecule has 3 aromatic rings. The van der Waals surface area contributed by atoms with E-state index >= 15 is 0 Å². The van der Waals surface area contributed by atoms with Crippen molar-refractivity contribution in [1.29, 1.82) is 0 Å². The summed E-state index contributed by atoms with van der Waals surface area (Å²) >= 11 is 6.02. The normalized spacial score (nSPS) is 17.7. The summed E-state index contributed by atoms with van der Waals surface area (Å²) in [6, 6.07) is 14.6. The fourth-order valence-corrected chi connectivity index (χ4v) is 4.72. The first kappa shape index (κ1) is 23.1. The Labute approximate surface area is 207 Å². The van der Waals surface area contributed by atoms with Crippen molar-refractivity contribution >= 4 is 52.1 Å². The third-order valence-corrected chi connectivity index (χ3v) is 6.60. The van der Waals surface area contributed by atoms with Crippen LogP contribution in [-0.2, 0) is 16.0 Å². The van der Waals surface area contributed by atoms with Crippen LogP contribution in [0.4, 0.5) is 4.79 Å². The number of fused-ring (bicyclic) bond motifs is 2. The average molecular weight is 490 g/mol. The molecule has 0 radical (unpaired) electrons. The van der Waals surface area contributed by atoms with Crippen LogP contribution >= 0.6 is 11.6 Å². The van der Waals surface area contributed by atoms with Crippen molar-refractivity contribution in [3.8, 4) is 0 Å². The second-order valence-corrected chi connectivity index (χ2v) is 9.64. The molecular formula is C27H24ClN3O4. The van der Waals surface area contributed by atoms with Gasteiger partial charge in [-0.3, -0.25) is 9.69 Å². The number of carbonyl (C=O) groups excluding carboxylic acids is 3. The summed E-state index contributed by atoms with van der Waals surface area (Å²) in [6.07, 6.45) is 3.48. The van der Waals surface area contributed by atoms with Crippen LogP contribution in [0, 0.1) is 0 Å². The zero-order chi connectivity index (χ0) is 24.7. The van der Waals surface area contributed by atoms with Gasteiger partial charge < -0.3 is 10.1 Å². The van der Waals surface area contributed by atoms with E-state index in [1.165, 1.54) is 0 Å². The molecule has 0 saturated carbocycles. The highest BCUT2D eigenvalue weighted by Gasteiger charge is 2.44. The summed E-state index contributed by atoms with van der Waals surface area (Å²) in [7, 11) is 0. The van der Waals surface area contributed by atoms with Gasteiger partial charge in [0.1, 0.15) is 12.1 Å². The lowest BCUT2D eigenvalue weighted by molar-refractivity contribution is -0.130. The molecule has 1 aliphatic heterocycles. The summed E-state index contributed by atoms with van der Waals surface area (Å²) in [5.74, 6) is -0.829. The van der Waals surface area contributed by atoms with Crippen LogP contribution in [0.25, 0.3) is 22.6 Å². The molecule has 2 aromatic carbocycles. The second-order valence-electron chi connectivity index (χ2n) is 9.20. The van der Waals surface area contributed by atoms with E-state index in [9.17, 15) is 14.4 Å². The molecule has 1 aromatic heterocycles. The lowest BCUT2D eigenvalue weighted by Gasteiger charge is -2.16. The summed E-state index contributed by atoms with van der Waals surface area (Å²) in [4.78, 5) is 43.7. The van der Waals surface area contributed by atoms with Gasteiger partial charge in [0.2, 0.25) is 0 Å². The number of nitrogens with zero attached hydrogens (tertiary/aromatic N) is 2. The predicted octanol–water partition coefficient (Wildman–Crippen LogP) is 4.86. The number of urea groups is 1. The summed E-state index contributed by atoms with van der Waals surface area (Å²) in [6.45, 7) is 3.18. The molecule has 2 heterocycles. The Morgan fingerprint density at radius 3 is 2.60 bits per heavy atom. The van der Waals surface area contributed by atoms with E-state index in [4.69, 9.17) is 21.3 Å². The SMILES string of the molecule is CC1(C)NC(=O)N(CCOC(=O)c2c3c(nc4ccccc24)C(=Cc2ccc(Cl)cc2)CC3)C1=O. The third kappa shape index (κ3) is 4.28. The molecule has 1 fully saturated rings. The first-order chi connectivity index (χ1) is 16.7. The van der Waals surface area contributed by atoms with Crippen molar-refractivity contribution < 1.29 is 19.1 Å². The monoisotopic (exact) mass is 489 g/mol. The van der Waals surface area contributed by atoms with E-state index in [-0.39, 0.29) is 19.1 Å². The second kappa shape index (κ2) is 8.82. The third-order valence-electron chi connectivity index (χ3n) is 6.35. The first-order valence-electron chi connectivity index (χ1n) is 11.4. The lowest BCUT2D eigenvalue weighted by Crippen LogP contribution is -2.40. The van der Waals surface area contributed by atoms with E-state index in [1.807, 2.05) is 48.5 Å². The number of aromatic nitrogens is 1. The number of hydrogen-bond donors (Lipinski definition) is 1. The number of rotatable bonds is 5. The fraction of sp³-hybridized carbons (Fsp3) is 0.259. The molecule has 35 heavy (non-hydrogen) atoms. The van der Waals surface area contributed by atoms with Crippen LogP contribution in [0.3, 0.4) is 0 Å². The molecule has 7 nitrogen and oxygen atoms in total. The smallest absolute Gasteiger partial charge is 0.339 e. The maximum Gasteiger partial charge on any atom is 0.339 e. The highest BCUT2D eigenvalue weighted by atomic mass is 35.5. The van der Waals surface area contributed by atoms with Crippen LogP contribution in [0.5, 0.6) is 0 Å². The number of hydrogen-bond acceptors (Lipinski definition) is 5. The van der Waals surface area contributed by atoms with E-state index in [0.717, 1.165) is 39.1 Å². The number of benzene rings is 2. The van der Waals surface area contributed by atoms with Gasteiger partial charge in [0.25, 0.3) is 5.91 Å². The van der Waals surface area contributed by atoms with Crippen molar-refractivity contribution in [3.63, 3.8) is 0 Å². The quantitative estimate of drug-likeness (QED) is 0.408. The fourth-order valence-electron chi connectivity index (χ4n) is 4.60. The molecule has 8 heteroatoms. The molecule has 0 bridgehead atoms. The van der Waals surface area contributed by atoms with Crippen molar-refractivity contribution in [2.24, 2.45) is 0 Å². The number of nitrogens with one attached hydrogen (secondary N) is 1. The van der Waals surface area contributed by atoms with Gasteiger partial charge in [0, 0.05) is 10.4 Å². The number of imide groups is 1. The Bertz CT molecular complexity index is 1400. The van der Waals surface area contributed by atoms with Gasteiger partial charge in [-0.1, -0.05) is 41.9 Å². The number of ether oxygens (including phenoxy) is 1. The van der Waals surface area contributed by atoms with Gasteiger partial charge in [-0.15, -0.1) is 0 Å². The standard InChI is InChI=1S/C27H24ClN3O4/c1-27(2)25(33)31(26(34)30-27)13-14-35-24(32)22-19-5-3-4-6-21(19)29-23-17(9-12-20(22)23)15-16-7-10-18(28)11-8-16/h3-8,10-11,15H,9,12-14H2,1-2H3,(H,30,34). The largest absolute Gasteiger partial charge is 0.460 e. The van der Waals surface area contributed by atoms with Crippen molar-refractivity contribution in [3.05, 3.63) is 75.9 Å². The number of pyridine rings is 1. The van der Waals surface area contributed by atoms with Gasteiger partial charge >= 0.3 is 12.0 Å². The highest BCUT2D eigenvalue weighted by Crippen LogP contribution is 2.38. The minimum absolute atomic E-state index is 0.00718. The van der Waals surface area contributed by atoms with Crippen LogP contribution in [0.15, 0.2) is 48.5 Å². The zero-order valence-corrected chi connectivity index (χ0v) is 20.2. The van der Waals surface area contributed by atoms with Crippen LogP contribution < -0.4 is 5.32 Å². The molecule has 178 valence electrons. The Morgan fingerprint density at radius 1 is 1.14 bits per heavy atom. The molecule has 1 saturated heterocycles. The molecule has 1 N–H and O–H groups in total. The number of allylic oxidation sites excluding steroid dienone is 1. The average Bonchev–Trinajstić information content (AvgIpc) is 3.30. The molecule has 3 amide bonds.